The molecular weight excluding hydrogens is 369 g/mol. The Hall–Kier alpha value is -0.810. The SMILES string of the molecule is CCN(CC)CCN(Cc1ccccc1)C(=O)C1CCCC(N)C1.Cl.Cl. The van der Waals surface area contributed by atoms with Crippen LogP contribution in [0.1, 0.15) is 45.1 Å². The summed E-state index contributed by atoms with van der Waals surface area (Å²) in [6.45, 7) is 8.83. The van der Waals surface area contributed by atoms with Crippen LogP contribution in [0.5, 0.6) is 0 Å². The van der Waals surface area contributed by atoms with Crippen molar-refractivity contribution in [3.8, 4) is 0 Å². The van der Waals surface area contributed by atoms with Gasteiger partial charge in [0.2, 0.25) is 5.91 Å². The molecule has 1 aromatic rings. The Morgan fingerprint density at radius 2 is 1.73 bits per heavy atom. The fourth-order valence-corrected chi connectivity index (χ4v) is 3.58. The van der Waals surface area contributed by atoms with Crippen molar-refractivity contribution in [3.63, 3.8) is 0 Å². The standard InChI is InChI=1S/C20H33N3O.2ClH/c1-3-22(4-2)13-14-23(16-17-9-6-5-7-10-17)20(24)18-11-8-12-19(21)15-18;;/h5-7,9-10,18-19H,3-4,8,11-16,21H2,1-2H3;2*1H. The van der Waals surface area contributed by atoms with E-state index in [-0.39, 0.29) is 36.8 Å². The van der Waals surface area contributed by atoms with Gasteiger partial charge in [-0.25, -0.2) is 0 Å². The average Bonchev–Trinajstić information content (AvgIpc) is 2.62. The summed E-state index contributed by atoms with van der Waals surface area (Å²) in [4.78, 5) is 17.5. The van der Waals surface area contributed by atoms with Gasteiger partial charge < -0.3 is 15.5 Å². The molecule has 26 heavy (non-hydrogen) atoms. The average molecular weight is 404 g/mol. The van der Waals surface area contributed by atoms with E-state index in [9.17, 15) is 4.79 Å². The normalized spacial score (nSPS) is 19.4. The first-order valence-corrected chi connectivity index (χ1v) is 9.44. The van der Waals surface area contributed by atoms with Gasteiger partial charge in [-0.3, -0.25) is 4.79 Å². The lowest BCUT2D eigenvalue weighted by Crippen LogP contribution is -2.43. The maximum absolute atomic E-state index is 13.1. The van der Waals surface area contributed by atoms with Gasteiger partial charge in [0.25, 0.3) is 0 Å². The first kappa shape index (κ1) is 25.2. The van der Waals surface area contributed by atoms with Gasteiger partial charge >= 0.3 is 0 Å². The van der Waals surface area contributed by atoms with Gasteiger partial charge in [-0.1, -0.05) is 50.6 Å². The zero-order valence-electron chi connectivity index (χ0n) is 16.1. The van der Waals surface area contributed by atoms with Crippen LogP contribution < -0.4 is 5.73 Å². The zero-order chi connectivity index (χ0) is 17.4. The van der Waals surface area contributed by atoms with Gasteiger partial charge in [0.15, 0.2) is 0 Å². The maximum Gasteiger partial charge on any atom is 0.226 e. The summed E-state index contributed by atoms with van der Waals surface area (Å²) in [5.41, 5.74) is 7.30. The van der Waals surface area contributed by atoms with Crippen LogP contribution in [0.4, 0.5) is 0 Å². The third kappa shape index (κ3) is 7.83. The molecule has 1 aliphatic carbocycles. The zero-order valence-corrected chi connectivity index (χ0v) is 17.7. The van der Waals surface area contributed by atoms with E-state index in [1.165, 1.54) is 5.56 Å². The monoisotopic (exact) mass is 403 g/mol. The molecule has 6 heteroatoms. The summed E-state index contributed by atoms with van der Waals surface area (Å²) >= 11 is 0. The largest absolute Gasteiger partial charge is 0.337 e. The molecule has 4 nitrogen and oxygen atoms in total. The highest BCUT2D eigenvalue weighted by Crippen LogP contribution is 2.25. The number of hydrogen-bond donors (Lipinski definition) is 1. The molecule has 2 atom stereocenters. The number of benzene rings is 1. The number of nitrogens with zero attached hydrogens (tertiary/aromatic N) is 2. The molecule has 1 aromatic carbocycles. The van der Waals surface area contributed by atoms with Crippen LogP contribution in [-0.4, -0.2) is 47.9 Å². The van der Waals surface area contributed by atoms with Crippen LogP contribution in [-0.2, 0) is 11.3 Å². The molecule has 2 rings (SSSR count). The Bertz CT molecular complexity index is 497. The van der Waals surface area contributed by atoms with Crippen LogP contribution in [0.15, 0.2) is 30.3 Å². The quantitative estimate of drug-likeness (QED) is 0.719. The van der Waals surface area contributed by atoms with E-state index < -0.39 is 0 Å². The van der Waals surface area contributed by atoms with E-state index in [2.05, 4.69) is 35.8 Å². The highest BCUT2D eigenvalue weighted by Gasteiger charge is 2.29. The molecule has 1 amide bonds. The van der Waals surface area contributed by atoms with E-state index in [1.807, 2.05) is 18.2 Å². The number of carbonyl (C=O) groups excluding carboxylic acids is 1. The minimum Gasteiger partial charge on any atom is -0.337 e. The molecular formula is C20H35Cl2N3O. The van der Waals surface area contributed by atoms with Crippen LogP contribution in [0.3, 0.4) is 0 Å². The fourth-order valence-electron chi connectivity index (χ4n) is 3.58. The third-order valence-electron chi connectivity index (χ3n) is 5.17. The molecule has 0 aromatic heterocycles. The number of carbonyl (C=O) groups is 1. The van der Waals surface area contributed by atoms with E-state index in [1.54, 1.807) is 0 Å². The topological polar surface area (TPSA) is 49.6 Å². The highest BCUT2D eigenvalue weighted by molar-refractivity contribution is 5.85. The second kappa shape index (κ2) is 13.4. The van der Waals surface area contributed by atoms with Crippen molar-refractivity contribution in [1.29, 1.82) is 0 Å². The number of nitrogens with two attached hydrogens (primary N) is 1. The van der Waals surface area contributed by atoms with E-state index in [4.69, 9.17) is 5.73 Å². The van der Waals surface area contributed by atoms with Gasteiger partial charge in [0, 0.05) is 31.6 Å². The molecule has 0 bridgehead atoms. The predicted molar refractivity (Wildman–Crippen MR) is 114 cm³/mol. The summed E-state index contributed by atoms with van der Waals surface area (Å²) in [6, 6.07) is 10.5. The molecule has 2 unspecified atom stereocenters. The Balaban J connectivity index is 0.00000312. The summed E-state index contributed by atoms with van der Waals surface area (Å²) in [6.07, 6.45) is 3.97. The van der Waals surface area contributed by atoms with Crippen molar-refractivity contribution in [1.82, 2.24) is 9.80 Å². The van der Waals surface area contributed by atoms with E-state index in [0.717, 1.165) is 51.9 Å². The van der Waals surface area contributed by atoms with Gasteiger partial charge in [-0.15, -0.1) is 24.8 Å². The van der Waals surface area contributed by atoms with Crippen LogP contribution >= 0.6 is 24.8 Å². The fraction of sp³-hybridized carbons (Fsp3) is 0.650. The first-order valence-electron chi connectivity index (χ1n) is 9.44. The Morgan fingerprint density at radius 1 is 1.08 bits per heavy atom. The van der Waals surface area contributed by atoms with Gasteiger partial charge in [0.05, 0.1) is 0 Å². The van der Waals surface area contributed by atoms with Crippen molar-refractivity contribution in [2.24, 2.45) is 11.7 Å². The van der Waals surface area contributed by atoms with Crippen molar-refractivity contribution in [3.05, 3.63) is 35.9 Å². The highest BCUT2D eigenvalue weighted by atomic mass is 35.5. The smallest absolute Gasteiger partial charge is 0.226 e. The molecule has 0 heterocycles. The molecule has 0 spiro atoms. The molecule has 150 valence electrons. The van der Waals surface area contributed by atoms with Crippen molar-refractivity contribution in [2.75, 3.05) is 26.2 Å². The maximum atomic E-state index is 13.1. The lowest BCUT2D eigenvalue weighted by atomic mass is 9.85. The molecule has 2 N–H and O–H groups in total. The van der Waals surface area contributed by atoms with Crippen LogP contribution in [0.2, 0.25) is 0 Å². The Kier molecular flexibility index (Phi) is 13.0. The van der Waals surface area contributed by atoms with Gasteiger partial charge in [-0.2, -0.15) is 0 Å². The Labute approximate surface area is 171 Å². The second-order valence-corrected chi connectivity index (χ2v) is 6.90. The van der Waals surface area contributed by atoms with Crippen LogP contribution in [0.25, 0.3) is 0 Å². The molecule has 1 saturated carbocycles. The summed E-state index contributed by atoms with van der Waals surface area (Å²) in [5, 5.41) is 0. The first-order chi connectivity index (χ1) is 11.6. The Morgan fingerprint density at radius 3 is 2.31 bits per heavy atom. The van der Waals surface area contributed by atoms with Crippen molar-refractivity contribution >= 4 is 30.7 Å². The summed E-state index contributed by atoms with van der Waals surface area (Å²) in [7, 11) is 0. The summed E-state index contributed by atoms with van der Waals surface area (Å²) < 4.78 is 0. The van der Waals surface area contributed by atoms with E-state index >= 15 is 0 Å². The van der Waals surface area contributed by atoms with Crippen molar-refractivity contribution in [2.45, 2.75) is 52.1 Å². The molecule has 0 saturated heterocycles. The minimum atomic E-state index is 0. The number of hydrogen-bond acceptors (Lipinski definition) is 3. The number of likely N-dealkylation sites (N-methyl/N-ethyl adjacent to an activating group) is 1. The number of halogens is 2. The molecule has 0 aliphatic heterocycles. The number of amides is 1. The molecule has 0 radical (unpaired) electrons. The van der Waals surface area contributed by atoms with Crippen molar-refractivity contribution < 1.29 is 4.79 Å². The van der Waals surface area contributed by atoms with E-state index in [0.29, 0.717) is 12.5 Å². The number of rotatable bonds is 8. The lowest BCUT2D eigenvalue weighted by molar-refractivity contribution is -0.137. The predicted octanol–water partition coefficient (Wildman–Crippen LogP) is 3.72. The van der Waals surface area contributed by atoms with Crippen LogP contribution in [0, 0.1) is 5.92 Å². The molecule has 1 fully saturated rings. The molecule has 1 aliphatic rings. The van der Waals surface area contributed by atoms with Gasteiger partial charge in [-0.05, 0) is 37.9 Å². The van der Waals surface area contributed by atoms with Gasteiger partial charge in [0.1, 0.15) is 0 Å². The minimum absolute atomic E-state index is 0. The lowest BCUT2D eigenvalue weighted by Gasteiger charge is -2.33. The second-order valence-electron chi connectivity index (χ2n) is 6.90. The summed E-state index contributed by atoms with van der Waals surface area (Å²) in [5.74, 6) is 0.398. The third-order valence-corrected chi connectivity index (χ3v) is 5.17.